The van der Waals surface area contributed by atoms with Gasteiger partial charge in [0.2, 0.25) is 0 Å². The molecule has 1 aliphatic carbocycles. The van der Waals surface area contributed by atoms with E-state index >= 15 is 0 Å². The van der Waals surface area contributed by atoms with Crippen LogP contribution in [0.2, 0.25) is 0 Å². The van der Waals surface area contributed by atoms with Crippen LogP contribution in [-0.2, 0) is 14.2 Å². The Hall–Kier alpha value is -0.120. The summed E-state index contributed by atoms with van der Waals surface area (Å²) in [5.41, 5.74) is 0. The smallest absolute Gasteiger partial charge is 0.194 e. The first-order valence-corrected chi connectivity index (χ1v) is 4.92. The number of hydrogen-bond acceptors (Lipinski definition) is 3. The van der Waals surface area contributed by atoms with Crippen LogP contribution >= 0.6 is 0 Å². The van der Waals surface area contributed by atoms with Gasteiger partial charge in [0.15, 0.2) is 5.79 Å². The molecule has 1 aliphatic rings. The SMILES string of the molecule is CO[C@H]1CCCCCC1(OC)OC. The maximum atomic E-state index is 5.46. The summed E-state index contributed by atoms with van der Waals surface area (Å²) in [6.45, 7) is 0. The molecule has 0 aliphatic heterocycles. The highest BCUT2D eigenvalue weighted by molar-refractivity contribution is 4.82. The van der Waals surface area contributed by atoms with Gasteiger partial charge < -0.3 is 14.2 Å². The van der Waals surface area contributed by atoms with E-state index in [4.69, 9.17) is 14.2 Å². The van der Waals surface area contributed by atoms with Gasteiger partial charge in [-0.2, -0.15) is 0 Å². The molecule has 0 bridgehead atoms. The van der Waals surface area contributed by atoms with Gasteiger partial charge in [0.1, 0.15) is 6.10 Å². The summed E-state index contributed by atoms with van der Waals surface area (Å²) in [6, 6.07) is 0. The summed E-state index contributed by atoms with van der Waals surface area (Å²) in [5.74, 6) is -0.509. The van der Waals surface area contributed by atoms with Crippen molar-refractivity contribution in [3.63, 3.8) is 0 Å². The van der Waals surface area contributed by atoms with E-state index in [1.165, 1.54) is 12.8 Å². The van der Waals surface area contributed by atoms with Crippen LogP contribution in [0, 0.1) is 0 Å². The third-order valence-corrected chi connectivity index (χ3v) is 2.96. The molecule has 0 aromatic heterocycles. The molecule has 1 atom stereocenters. The second kappa shape index (κ2) is 4.94. The van der Waals surface area contributed by atoms with Gasteiger partial charge in [0, 0.05) is 27.8 Å². The Morgan fingerprint density at radius 3 is 2.23 bits per heavy atom. The molecular weight excluding hydrogens is 168 g/mol. The molecule has 1 fully saturated rings. The quantitative estimate of drug-likeness (QED) is 0.500. The fraction of sp³-hybridized carbons (Fsp3) is 1.00. The summed E-state index contributed by atoms with van der Waals surface area (Å²) >= 11 is 0. The lowest BCUT2D eigenvalue weighted by molar-refractivity contribution is -0.266. The summed E-state index contributed by atoms with van der Waals surface area (Å²) in [5, 5.41) is 0. The van der Waals surface area contributed by atoms with E-state index in [-0.39, 0.29) is 6.10 Å². The van der Waals surface area contributed by atoms with Crippen molar-refractivity contribution >= 4 is 0 Å². The van der Waals surface area contributed by atoms with E-state index in [2.05, 4.69) is 0 Å². The van der Waals surface area contributed by atoms with Gasteiger partial charge in [-0.15, -0.1) is 0 Å². The van der Waals surface area contributed by atoms with Crippen molar-refractivity contribution in [1.29, 1.82) is 0 Å². The van der Waals surface area contributed by atoms with Gasteiger partial charge >= 0.3 is 0 Å². The van der Waals surface area contributed by atoms with Crippen molar-refractivity contribution in [1.82, 2.24) is 0 Å². The Morgan fingerprint density at radius 2 is 1.69 bits per heavy atom. The minimum atomic E-state index is -0.509. The molecule has 0 saturated heterocycles. The summed E-state index contributed by atoms with van der Waals surface area (Å²) in [6.07, 6.45) is 5.63. The minimum absolute atomic E-state index is 0.0741. The van der Waals surface area contributed by atoms with E-state index in [1.807, 2.05) is 0 Å². The molecule has 3 heteroatoms. The number of hydrogen-bond donors (Lipinski definition) is 0. The molecule has 0 unspecified atom stereocenters. The normalized spacial score (nSPS) is 28.4. The van der Waals surface area contributed by atoms with Crippen molar-refractivity contribution in [2.45, 2.75) is 44.0 Å². The average Bonchev–Trinajstić information content (AvgIpc) is 2.39. The monoisotopic (exact) mass is 188 g/mol. The Labute approximate surface area is 80.4 Å². The number of rotatable bonds is 3. The first-order chi connectivity index (χ1) is 6.29. The zero-order valence-corrected chi connectivity index (χ0v) is 8.84. The maximum absolute atomic E-state index is 5.46. The van der Waals surface area contributed by atoms with Crippen molar-refractivity contribution in [3.8, 4) is 0 Å². The van der Waals surface area contributed by atoms with Gasteiger partial charge in [0.25, 0.3) is 0 Å². The second-order valence-electron chi connectivity index (χ2n) is 3.54. The first kappa shape index (κ1) is 11.0. The van der Waals surface area contributed by atoms with Crippen molar-refractivity contribution in [3.05, 3.63) is 0 Å². The van der Waals surface area contributed by atoms with Crippen LogP contribution in [0.4, 0.5) is 0 Å². The van der Waals surface area contributed by atoms with Gasteiger partial charge in [-0.05, 0) is 12.8 Å². The molecule has 0 radical (unpaired) electrons. The van der Waals surface area contributed by atoms with Crippen molar-refractivity contribution < 1.29 is 14.2 Å². The van der Waals surface area contributed by atoms with Crippen LogP contribution in [0.15, 0.2) is 0 Å². The van der Waals surface area contributed by atoms with E-state index in [0.29, 0.717) is 0 Å². The van der Waals surface area contributed by atoms with Crippen molar-refractivity contribution in [2.75, 3.05) is 21.3 Å². The highest BCUT2D eigenvalue weighted by atomic mass is 16.7. The van der Waals surface area contributed by atoms with Crippen molar-refractivity contribution in [2.24, 2.45) is 0 Å². The van der Waals surface area contributed by atoms with Crippen LogP contribution < -0.4 is 0 Å². The van der Waals surface area contributed by atoms with Crippen LogP contribution in [0.3, 0.4) is 0 Å². The van der Waals surface area contributed by atoms with E-state index in [1.54, 1.807) is 21.3 Å². The predicted octanol–water partition coefficient (Wildman–Crippen LogP) is 1.95. The van der Waals surface area contributed by atoms with Crippen LogP contribution in [0.5, 0.6) is 0 Å². The fourth-order valence-electron chi connectivity index (χ4n) is 2.11. The summed E-state index contributed by atoms with van der Waals surface area (Å²) in [4.78, 5) is 0. The van der Waals surface area contributed by atoms with Crippen LogP contribution in [-0.4, -0.2) is 33.2 Å². The first-order valence-electron chi connectivity index (χ1n) is 4.92. The topological polar surface area (TPSA) is 27.7 Å². The molecule has 0 amide bonds. The van der Waals surface area contributed by atoms with E-state index in [0.717, 1.165) is 19.3 Å². The minimum Gasteiger partial charge on any atom is -0.376 e. The van der Waals surface area contributed by atoms with Gasteiger partial charge in [0.05, 0.1) is 0 Å². The van der Waals surface area contributed by atoms with Gasteiger partial charge in [-0.1, -0.05) is 12.8 Å². The molecule has 0 N–H and O–H groups in total. The van der Waals surface area contributed by atoms with Gasteiger partial charge in [-0.3, -0.25) is 0 Å². The zero-order chi connectivity index (χ0) is 9.73. The maximum Gasteiger partial charge on any atom is 0.194 e. The van der Waals surface area contributed by atoms with Crippen LogP contribution in [0.1, 0.15) is 32.1 Å². The largest absolute Gasteiger partial charge is 0.376 e. The molecule has 0 aromatic carbocycles. The lowest BCUT2D eigenvalue weighted by Gasteiger charge is -2.35. The highest BCUT2D eigenvalue weighted by Gasteiger charge is 2.40. The molecule has 13 heavy (non-hydrogen) atoms. The lowest BCUT2D eigenvalue weighted by atomic mass is 10.0. The predicted molar refractivity (Wildman–Crippen MR) is 50.6 cm³/mol. The highest BCUT2D eigenvalue weighted by Crippen LogP contribution is 2.32. The molecule has 0 aromatic rings. The van der Waals surface area contributed by atoms with E-state index in [9.17, 15) is 0 Å². The Morgan fingerprint density at radius 1 is 1.00 bits per heavy atom. The Kier molecular flexibility index (Phi) is 4.16. The molecule has 0 spiro atoms. The Bertz CT molecular complexity index is 143. The second-order valence-corrected chi connectivity index (χ2v) is 3.54. The summed E-state index contributed by atoms with van der Waals surface area (Å²) < 4.78 is 16.3. The molecule has 78 valence electrons. The molecule has 1 rings (SSSR count). The van der Waals surface area contributed by atoms with Crippen LogP contribution in [0.25, 0.3) is 0 Å². The fourth-order valence-corrected chi connectivity index (χ4v) is 2.11. The molecule has 1 saturated carbocycles. The van der Waals surface area contributed by atoms with Gasteiger partial charge in [-0.25, -0.2) is 0 Å². The standard InChI is InChI=1S/C10H20O3/c1-11-9-7-5-4-6-8-10(9,12-2)13-3/h9H,4-8H2,1-3H3/t9-/m0/s1. The third kappa shape index (κ3) is 2.22. The number of ether oxygens (including phenoxy) is 3. The third-order valence-electron chi connectivity index (χ3n) is 2.96. The van der Waals surface area contributed by atoms with E-state index < -0.39 is 5.79 Å². The number of methoxy groups -OCH3 is 3. The molecule has 3 nitrogen and oxygen atoms in total. The zero-order valence-electron chi connectivity index (χ0n) is 8.84. The lowest BCUT2D eigenvalue weighted by Crippen LogP contribution is -2.46. The Balaban J connectivity index is 2.72. The summed E-state index contributed by atoms with van der Waals surface area (Å²) in [7, 11) is 5.12. The average molecular weight is 188 g/mol. The molecule has 0 heterocycles. The molecular formula is C10H20O3.